The van der Waals surface area contributed by atoms with E-state index >= 15 is 0 Å². The molecule has 1 N–H and O–H groups in total. The molecule has 7 nitrogen and oxygen atoms in total. The molecule has 2 fully saturated rings. The molecule has 1 aromatic carbocycles. The smallest absolute Gasteiger partial charge is 0.253 e. The van der Waals surface area contributed by atoms with Crippen LogP contribution in [0.2, 0.25) is 0 Å². The summed E-state index contributed by atoms with van der Waals surface area (Å²) in [6, 6.07) is 6.39. The Morgan fingerprint density at radius 3 is 2.65 bits per heavy atom. The maximum atomic E-state index is 13.4. The van der Waals surface area contributed by atoms with Crippen LogP contribution in [0.15, 0.2) is 23.0 Å². The Morgan fingerprint density at radius 2 is 1.87 bits per heavy atom. The molecule has 7 heteroatoms. The maximum Gasteiger partial charge on any atom is 0.253 e. The van der Waals surface area contributed by atoms with E-state index in [2.05, 4.69) is 57.5 Å². The van der Waals surface area contributed by atoms with E-state index in [0.717, 1.165) is 60.2 Å². The molecule has 0 amide bonds. The van der Waals surface area contributed by atoms with Crippen LogP contribution in [0.3, 0.4) is 0 Å². The molecular formula is C24H32N6O. The van der Waals surface area contributed by atoms with Gasteiger partial charge in [-0.25, -0.2) is 4.68 Å². The number of aromatic nitrogens is 5. The van der Waals surface area contributed by atoms with E-state index in [-0.39, 0.29) is 11.6 Å². The highest BCUT2D eigenvalue weighted by molar-refractivity contribution is 5.85. The van der Waals surface area contributed by atoms with Gasteiger partial charge in [0.1, 0.15) is 6.04 Å². The number of fused-ring (bicyclic) bond motifs is 1. The van der Waals surface area contributed by atoms with E-state index in [4.69, 9.17) is 0 Å². The molecule has 1 saturated carbocycles. The van der Waals surface area contributed by atoms with Gasteiger partial charge < -0.3 is 4.98 Å². The van der Waals surface area contributed by atoms with Gasteiger partial charge in [-0.05, 0) is 79.6 Å². The van der Waals surface area contributed by atoms with E-state index < -0.39 is 0 Å². The van der Waals surface area contributed by atoms with Crippen molar-refractivity contribution in [2.45, 2.75) is 71.4 Å². The molecule has 3 heterocycles. The zero-order valence-corrected chi connectivity index (χ0v) is 18.8. The normalized spacial score (nSPS) is 21.7. The van der Waals surface area contributed by atoms with Crippen molar-refractivity contribution in [1.82, 2.24) is 30.1 Å². The molecule has 1 saturated heterocycles. The number of nitrogens with one attached hydrogen (secondary N) is 1. The number of likely N-dealkylation sites (tertiary alicyclic amines) is 1. The van der Waals surface area contributed by atoms with Gasteiger partial charge in [-0.1, -0.05) is 31.9 Å². The Bertz CT molecular complexity index is 1140. The van der Waals surface area contributed by atoms with Gasteiger partial charge in [-0.2, -0.15) is 0 Å². The number of aryl methyl sites for hydroxylation is 2. The number of H-pyrrole nitrogens is 1. The fourth-order valence-electron chi connectivity index (χ4n) is 5.54. The highest BCUT2D eigenvalue weighted by atomic mass is 16.1. The largest absolute Gasteiger partial charge is 0.321 e. The first-order valence-electron chi connectivity index (χ1n) is 11.7. The molecule has 0 radical (unpaired) electrons. The molecule has 0 spiro atoms. The Morgan fingerprint density at radius 1 is 1.10 bits per heavy atom. The molecule has 2 aliphatic rings. The van der Waals surface area contributed by atoms with Gasteiger partial charge in [-0.3, -0.25) is 9.69 Å². The quantitative estimate of drug-likeness (QED) is 0.688. The van der Waals surface area contributed by atoms with Crippen molar-refractivity contribution < 1.29 is 0 Å². The van der Waals surface area contributed by atoms with Crippen LogP contribution in [-0.2, 0) is 0 Å². The van der Waals surface area contributed by atoms with Crippen molar-refractivity contribution >= 4 is 10.9 Å². The van der Waals surface area contributed by atoms with Gasteiger partial charge in [0.25, 0.3) is 5.56 Å². The van der Waals surface area contributed by atoms with Crippen molar-refractivity contribution in [3.63, 3.8) is 0 Å². The zero-order chi connectivity index (χ0) is 21.5. The summed E-state index contributed by atoms with van der Waals surface area (Å²) in [5, 5.41) is 14.1. The third kappa shape index (κ3) is 3.69. The van der Waals surface area contributed by atoms with Crippen molar-refractivity contribution in [2.24, 2.45) is 5.92 Å². The maximum absolute atomic E-state index is 13.4. The minimum absolute atomic E-state index is 0.0367. The number of hydrogen-bond acceptors (Lipinski definition) is 5. The minimum atomic E-state index is -0.230. The first-order chi connectivity index (χ1) is 15.0. The third-order valence-electron chi connectivity index (χ3n) is 7.25. The number of piperidine rings is 1. The van der Waals surface area contributed by atoms with Crippen molar-refractivity contribution in [3.8, 4) is 0 Å². The Labute approximate surface area is 182 Å². The highest BCUT2D eigenvalue weighted by Gasteiger charge is 2.34. The first-order valence-corrected chi connectivity index (χ1v) is 11.7. The Kier molecular flexibility index (Phi) is 5.38. The lowest BCUT2D eigenvalue weighted by Gasteiger charge is -2.36. The van der Waals surface area contributed by atoms with E-state index in [9.17, 15) is 4.79 Å². The summed E-state index contributed by atoms with van der Waals surface area (Å²) in [4.78, 5) is 19.0. The van der Waals surface area contributed by atoms with Gasteiger partial charge in [0, 0.05) is 17.5 Å². The Hall–Kier alpha value is -2.54. The zero-order valence-electron chi connectivity index (χ0n) is 18.8. The average Bonchev–Trinajstić information content (AvgIpc) is 3.44. The van der Waals surface area contributed by atoms with Crippen LogP contribution < -0.4 is 5.56 Å². The summed E-state index contributed by atoms with van der Waals surface area (Å²) in [5.74, 6) is 1.41. The molecule has 5 rings (SSSR count). The summed E-state index contributed by atoms with van der Waals surface area (Å²) in [6.45, 7) is 8.34. The van der Waals surface area contributed by atoms with Gasteiger partial charge >= 0.3 is 0 Å². The molecule has 0 unspecified atom stereocenters. The van der Waals surface area contributed by atoms with Gasteiger partial charge in [0.2, 0.25) is 0 Å². The predicted molar refractivity (Wildman–Crippen MR) is 121 cm³/mol. The molecule has 3 aromatic rings. The van der Waals surface area contributed by atoms with Crippen LogP contribution in [0.4, 0.5) is 0 Å². The van der Waals surface area contributed by atoms with Crippen LogP contribution in [0.25, 0.3) is 10.9 Å². The lowest BCUT2D eigenvalue weighted by atomic mass is 9.94. The minimum Gasteiger partial charge on any atom is -0.321 e. The number of nitrogens with zero attached hydrogens (tertiary/aromatic N) is 5. The fraction of sp³-hybridized carbons (Fsp3) is 0.583. The molecule has 0 bridgehead atoms. The van der Waals surface area contributed by atoms with Crippen LogP contribution in [0.1, 0.15) is 80.0 Å². The number of aromatic amines is 1. The van der Waals surface area contributed by atoms with Crippen LogP contribution in [0, 0.1) is 19.8 Å². The van der Waals surface area contributed by atoms with Crippen LogP contribution >= 0.6 is 0 Å². The lowest BCUT2D eigenvalue weighted by Crippen LogP contribution is -2.41. The molecule has 31 heavy (non-hydrogen) atoms. The summed E-state index contributed by atoms with van der Waals surface area (Å²) in [5.41, 5.74) is 3.90. The number of pyridine rings is 1. The highest BCUT2D eigenvalue weighted by Crippen LogP contribution is 2.35. The van der Waals surface area contributed by atoms with Crippen LogP contribution in [0.5, 0.6) is 0 Å². The van der Waals surface area contributed by atoms with Gasteiger partial charge in [0.15, 0.2) is 5.82 Å². The standard InChI is InChI=1S/C24H32N6O/c1-15-7-6-12-29(14-15)22(23-26-27-28-30(23)18-8-4-5-9-18)20-13-19-16(2)10-11-17(3)21(19)25-24(20)31/h10-11,13,15,18,22H,4-9,12,14H2,1-3H3,(H,25,31)/t15-,22+/m0/s1. The van der Waals surface area contributed by atoms with E-state index in [1.54, 1.807) is 0 Å². The number of tetrazole rings is 1. The summed E-state index contributed by atoms with van der Waals surface area (Å²) in [7, 11) is 0. The molecular weight excluding hydrogens is 388 g/mol. The van der Waals surface area contributed by atoms with Gasteiger partial charge in [0.05, 0.1) is 11.6 Å². The second kappa shape index (κ2) is 8.19. The topological polar surface area (TPSA) is 79.7 Å². The van der Waals surface area contributed by atoms with Crippen molar-refractivity contribution in [2.75, 3.05) is 13.1 Å². The summed E-state index contributed by atoms with van der Waals surface area (Å²) in [6.07, 6.45) is 6.99. The second-order valence-electron chi connectivity index (χ2n) is 9.61. The summed E-state index contributed by atoms with van der Waals surface area (Å²) >= 11 is 0. The average molecular weight is 421 g/mol. The fourth-order valence-corrected chi connectivity index (χ4v) is 5.54. The second-order valence-corrected chi connectivity index (χ2v) is 9.61. The monoisotopic (exact) mass is 420 g/mol. The van der Waals surface area contributed by atoms with E-state index in [1.807, 2.05) is 11.6 Å². The molecule has 1 aliphatic heterocycles. The van der Waals surface area contributed by atoms with Crippen molar-refractivity contribution in [1.29, 1.82) is 0 Å². The molecule has 1 aliphatic carbocycles. The molecule has 164 valence electrons. The first kappa shape index (κ1) is 20.4. The number of benzene rings is 1. The lowest BCUT2D eigenvalue weighted by molar-refractivity contribution is 0.139. The number of hydrogen-bond donors (Lipinski definition) is 1. The van der Waals surface area contributed by atoms with Gasteiger partial charge in [-0.15, -0.1) is 5.10 Å². The van der Waals surface area contributed by atoms with E-state index in [1.165, 1.54) is 24.8 Å². The van der Waals surface area contributed by atoms with E-state index in [0.29, 0.717) is 12.0 Å². The molecule has 2 atom stereocenters. The Balaban J connectivity index is 1.69. The third-order valence-corrected chi connectivity index (χ3v) is 7.25. The SMILES string of the molecule is Cc1ccc(C)c2[nH]c(=O)c([C@H](c3nnnn3C3CCCC3)N3CCC[C@H](C)C3)cc12. The number of rotatable bonds is 4. The summed E-state index contributed by atoms with van der Waals surface area (Å²) < 4.78 is 2.02. The predicted octanol–water partition coefficient (Wildman–Crippen LogP) is 4.07. The molecule has 2 aromatic heterocycles. The van der Waals surface area contributed by atoms with Crippen molar-refractivity contribution in [3.05, 3.63) is 51.1 Å². The van der Waals surface area contributed by atoms with Crippen LogP contribution in [-0.4, -0.2) is 43.2 Å².